The molecule has 1 fully saturated rings. The van der Waals surface area contributed by atoms with Crippen LogP contribution in [0.25, 0.3) is 0 Å². The van der Waals surface area contributed by atoms with Gasteiger partial charge in [0.25, 0.3) is 0 Å². The molecule has 1 aromatic rings. The van der Waals surface area contributed by atoms with Crippen molar-refractivity contribution in [2.45, 2.75) is 46.1 Å². The van der Waals surface area contributed by atoms with E-state index in [0.29, 0.717) is 6.42 Å². The number of carbonyl (C=O) groups is 1. The van der Waals surface area contributed by atoms with Crippen LogP contribution in [0.4, 0.5) is 0 Å². The van der Waals surface area contributed by atoms with Crippen LogP contribution in [-0.4, -0.2) is 17.4 Å². The SMILES string of the molecule is CC(C)C1(CC#N)CCCN([C@@H](C)c2ccccc2)C1=O. The molecular formula is C18H24N2O. The molecule has 3 heteroatoms. The third kappa shape index (κ3) is 2.81. The maximum Gasteiger partial charge on any atom is 0.230 e. The number of nitriles is 1. The zero-order valence-corrected chi connectivity index (χ0v) is 13.2. The van der Waals surface area contributed by atoms with Gasteiger partial charge in [0.15, 0.2) is 0 Å². The molecule has 0 N–H and O–H groups in total. The van der Waals surface area contributed by atoms with Crippen molar-refractivity contribution in [3.05, 3.63) is 35.9 Å². The minimum Gasteiger partial charge on any atom is -0.335 e. The summed E-state index contributed by atoms with van der Waals surface area (Å²) in [5.74, 6) is 0.345. The molecule has 0 radical (unpaired) electrons. The number of hydrogen-bond acceptors (Lipinski definition) is 2. The number of likely N-dealkylation sites (tertiary alicyclic amines) is 1. The predicted molar refractivity (Wildman–Crippen MR) is 83.3 cm³/mol. The number of piperidine rings is 1. The summed E-state index contributed by atoms with van der Waals surface area (Å²) in [6.07, 6.45) is 2.12. The maximum atomic E-state index is 13.1. The molecule has 0 spiro atoms. The second-order valence-corrected chi connectivity index (χ2v) is 6.33. The Morgan fingerprint density at radius 2 is 1.95 bits per heavy atom. The van der Waals surface area contributed by atoms with Crippen molar-refractivity contribution in [3.63, 3.8) is 0 Å². The lowest BCUT2D eigenvalue weighted by Crippen LogP contribution is -2.51. The minimum absolute atomic E-state index is 0.0656. The van der Waals surface area contributed by atoms with Gasteiger partial charge in [-0.1, -0.05) is 44.2 Å². The molecular weight excluding hydrogens is 260 g/mol. The van der Waals surface area contributed by atoms with Crippen LogP contribution in [0.3, 0.4) is 0 Å². The maximum absolute atomic E-state index is 13.1. The van der Waals surface area contributed by atoms with E-state index in [9.17, 15) is 10.1 Å². The second-order valence-electron chi connectivity index (χ2n) is 6.33. The van der Waals surface area contributed by atoms with Crippen molar-refractivity contribution < 1.29 is 4.79 Å². The Bertz CT molecular complexity index is 532. The molecule has 0 aliphatic carbocycles. The number of carbonyl (C=O) groups excluding carboxylic acids is 1. The molecule has 0 saturated carbocycles. The molecule has 3 nitrogen and oxygen atoms in total. The van der Waals surface area contributed by atoms with E-state index in [1.165, 1.54) is 0 Å². The Kier molecular flexibility index (Phi) is 4.67. The first-order valence-corrected chi connectivity index (χ1v) is 7.76. The van der Waals surface area contributed by atoms with Gasteiger partial charge in [0.05, 0.1) is 17.5 Å². The summed E-state index contributed by atoms with van der Waals surface area (Å²) in [5.41, 5.74) is 0.651. The molecule has 1 heterocycles. The molecule has 1 aromatic carbocycles. The Morgan fingerprint density at radius 3 is 2.52 bits per heavy atom. The number of hydrogen-bond donors (Lipinski definition) is 0. The molecule has 2 rings (SSSR count). The fourth-order valence-corrected chi connectivity index (χ4v) is 3.39. The average molecular weight is 284 g/mol. The molecule has 1 unspecified atom stereocenters. The molecule has 1 saturated heterocycles. The Balaban J connectivity index is 2.29. The van der Waals surface area contributed by atoms with Crippen LogP contribution in [-0.2, 0) is 4.79 Å². The molecule has 21 heavy (non-hydrogen) atoms. The summed E-state index contributed by atoms with van der Waals surface area (Å²) < 4.78 is 0. The summed E-state index contributed by atoms with van der Waals surface area (Å²) in [6.45, 7) is 6.99. The summed E-state index contributed by atoms with van der Waals surface area (Å²) in [6, 6.07) is 12.4. The minimum atomic E-state index is -0.504. The lowest BCUT2D eigenvalue weighted by molar-refractivity contribution is -0.152. The van der Waals surface area contributed by atoms with Crippen LogP contribution in [0.15, 0.2) is 30.3 Å². The quantitative estimate of drug-likeness (QED) is 0.841. The highest BCUT2D eigenvalue weighted by Gasteiger charge is 2.47. The van der Waals surface area contributed by atoms with Crippen molar-refractivity contribution in [2.24, 2.45) is 11.3 Å². The zero-order valence-electron chi connectivity index (χ0n) is 13.2. The smallest absolute Gasteiger partial charge is 0.230 e. The van der Waals surface area contributed by atoms with Crippen molar-refractivity contribution >= 4 is 5.91 Å². The standard InChI is InChI=1S/C18H24N2O/c1-14(2)18(11-12-19)10-7-13-20(17(18)21)15(3)16-8-5-4-6-9-16/h4-6,8-9,14-15H,7,10-11,13H2,1-3H3/t15-,18?/m0/s1. The Hall–Kier alpha value is -1.82. The highest BCUT2D eigenvalue weighted by Crippen LogP contribution is 2.43. The van der Waals surface area contributed by atoms with E-state index in [2.05, 4.69) is 39.0 Å². The molecule has 0 bridgehead atoms. The van der Waals surface area contributed by atoms with Crippen LogP contribution < -0.4 is 0 Å². The van der Waals surface area contributed by atoms with Gasteiger partial charge in [-0.2, -0.15) is 5.26 Å². The van der Waals surface area contributed by atoms with Gasteiger partial charge in [-0.25, -0.2) is 0 Å². The average Bonchev–Trinajstić information content (AvgIpc) is 2.49. The van der Waals surface area contributed by atoms with E-state index >= 15 is 0 Å². The highest BCUT2D eigenvalue weighted by molar-refractivity contribution is 5.84. The van der Waals surface area contributed by atoms with Gasteiger partial charge in [-0.3, -0.25) is 4.79 Å². The number of benzene rings is 1. The first-order valence-electron chi connectivity index (χ1n) is 7.76. The third-order valence-corrected chi connectivity index (χ3v) is 4.96. The third-order valence-electron chi connectivity index (χ3n) is 4.96. The molecule has 1 amide bonds. The zero-order chi connectivity index (χ0) is 15.5. The van der Waals surface area contributed by atoms with Crippen LogP contribution in [0.2, 0.25) is 0 Å². The van der Waals surface area contributed by atoms with Crippen LogP contribution >= 0.6 is 0 Å². The van der Waals surface area contributed by atoms with Crippen LogP contribution in [0.5, 0.6) is 0 Å². The molecule has 1 aliphatic rings. The Labute approximate surface area is 127 Å². The van der Waals surface area contributed by atoms with Gasteiger partial charge in [0, 0.05) is 13.0 Å². The summed E-state index contributed by atoms with van der Waals surface area (Å²) >= 11 is 0. The van der Waals surface area contributed by atoms with Crippen LogP contribution in [0.1, 0.15) is 51.6 Å². The summed E-state index contributed by atoms with van der Waals surface area (Å²) in [7, 11) is 0. The van der Waals surface area contributed by atoms with Gasteiger partial charge in [-0.15, -0.1) is 0 Å². The first-order chi connectivity index (χ1) is 10.0. The topological polar surface area (TPSA) is 44.1 Å². The molecule has 0 aromatic heterocycles. The first kappa shape index (κ1) is 15.6. The van der Waals surface area contributed by atoms with Crippen LogP contribution in [0, 0.1) is 22.7 Å². The van der Waals surface area contributed by atoms with Crippen molar-refractivity contribution in [1.29, 1.82) is 5.26 Å². The van der Waals surface area contributed by atoms with Gasteiger partial charge >= 0.3 is 0 Å². The van der Waals surface area contributed by atoms with E-state index < -0.39 is 5.41 Å². The normalized spacial score (nSPS) is 24.0. The molecule has 2 atom stereocenters. The predicted octanol–water partition coefficient (Wildman–Crippen LogP) is 3.93. The number of amides is 1. The van der Waals surface area contributed by atoms with Crippen molar-refractivity contribution in [1.82, 2.24) is 4.90 Å². The van der Waals surface area contributed by atoms with Gasteiger partial charge < -0.3 is 4.90 Å². The summed E-state index contributed by atoms with van der Waals surface area (Å²) in [5, 5.41) is 9.17. The monoisotopic (exact) mass is 284 g/mol. The Morgan fingerprint density at radius 1 is 1.29 bits per heavy atom. The highest BCUT2D eigenvalue weighted by atomic mass is 16.2. The van der Waals surface area contributed by atoms with Crippen molar-refractivity contribution in [3.8, 4) is 6.07 Å². The van der Waals surface area contributed by atoms with E-state index in [4.69, 9.17) is 0 Å². The van der Waals surface area contributed by atoms with E-state index in [1.807, 2.05) is 23.1 Å². The van der Waals surface area contributed by atoms with Gasteiger partial charge in [0.1, 0.15) is 0 Å². The van der Waals surface area contributed by atoms with E-state index in [-0.39, 0.29) is 17.9 Å². The van der Waals surface area contributed by atoms with Gasteiger partial charge in [-0.05, 0) is 31.2 Å². The van der Waals surface area contributed by atoms with Gasteiger partial charge in [0.2, 0.25) is 5.91 Å². The molecule has 1 aliphatic heterocycles. The lowest BCUT2D eigenvalue weighted by Gasteiger charge is -2.45. The lowest BCUT2D eigenvalue weighted by atomic mass is 9.68. The van der Waals surface area contributed by atoms with E-state index in [1.54, 1.807) is 0 Å². The molecule has 112 valence electrons. The largest absolute Gasteiger partial charge is 0.335 e. The van der Waals surface area contributed by atoms with Crippen molar-refractivity contribution in [2.75, 3.05) is 6.54 Å². The van der Waals surface area contributed by atoms with E-state index in [0.717, 1.165) is 24.9 Å². The fourth-order valence-electron chi connectivity index (χ4n) is 3.39. The fraction of sp³-hybridized carbons (Fsp3) is 0.556. The number of nitrogens with zero attached hydrogens (tertiary/aromatic N) is 2. The number of rotatable bonds is 4. The summed E-state index contributed by atoms with van der Waals surface area (Å²) in [4.78, 5) is 15.0. The second kappa shape index (κ2) is 6.30.